The largest absolute Gasteiger partial charge is 0.378 e. The number of hydrogen-bond acceptors (Lipinski definition) is 5. The van der Waals surface area contributed by atoms with Crippen molar-refractivity contribution in [1.82, 2.24) is 5.32 Å². The van der Waals surface area contributed by atoms with Crippen LogP contribution in [0.5, 0.6) is 0 Å². The van der Waals surface area contributed by atoms with Crippen LogP contribution in [-0.2, 0) is 16.1 Å². The second-order valence-electron chi connectivity index (χ2n) is 8.32. The lowest BCUT2D eigenvalue weighted by atomic mass is 10.1. The Morgan fingerprint density at radius 1 is 1.03 bits per heavy atom. The van der Waals surface area contributed by atoms with E-state index in [1.807, 2.05) is 62.4 Å². The molecule has 0 atom stereocenters. The number of rotatable bonds is 7. The van der Waals surface area contributed by atoms with E-state index in [0.29, 0.717) is 24.6 Å². The van der Waals surface area contributed by atoms with Gasteiger partial charge in [0.05, 0.1) is 23.1 Å². The summed E-state index contributed by atoms with van der Waals surface area (Å²) in [5.74, 6) is -0.175. The smallest absolute Gasteiger partial charge is 0.261 e. The topological polar surface area (TPSA) is 70.7 Å². The average Bonchev–Trinajstić information content (AvgIpc) is 3.30. The minimum Gasteiger partial charge on any atom is -0.378 e. The Bertz CT molecular complexity index is 1090. The van der Waals surface area contributed by atoms with Gasteiger partial charge in [0.25, 0.3) is 5.91 Å². The van der Waals surface area contributed by atoms with E-state index in [1.165, 1.54) is 11.3 Å². The summed E-state index contributed by atoms with van der Waals surface area (Å²) < 4.78 is 5.51. The zero-order chi connectivity index (χ0) is 23.2. The van der Waals surface area contributed by atoms with Gasteiger partial charge in [-0.05, 0) is 29.3 Å². The number of ether oxygens (including phenoxy) is 1. The van der Waals surface area contributed by atoms with Gasteiger partial charge in [-0.25, -0.2) is 0 Å². The van der Waals surface area contributed by atoms with Crippen LogP contribution in [0.2, 0.25) is 0 Å². The number of carbonyl (C=O) groups is 2. The van der Waals surface area contributed by atoms with E-state index in [0.717, 1.165) is 40.5 Å². The van der Waals surface area contributed by atoms with E-state index in [9.17, 15) is 9.59 Å². The highest BCUT2D eigenvalue weighted by Crippen LogP contribution is 2.39. The lowest BCUT2D eigenvalue weighted by Gasteiger charge is -2.28. The molecule has 1 aromatic heterocycles. The molecule has 0 saturated carbocycles. The van der Waals surface area contributed by atoms with Gasteiger partial charge in [0.1, 0.15) is 0 Å². The van der Waals surface area contributed by atoms with Crippen molar-refractivity contribution >= 4 is 33.8 Å². The van der Waals surface area contributed by atoms with Gasteiger partial charge in [-0.15, -0.1) is 11.3 Å². The van der Waals surface area contributed by atoms with Crippen molar-refractivity contribution in [3.05, 3.63) is 71.1 Å². The summed E-state index contributed by atoms with van der Waals surface area (Å²) in [4.78, 5) is 27.8. The normalized spacial score (nSPS) is 13.7. The first-order valence-electron chi connectivity index (χ1n) is 11.2. The third-order valence-corrected chi connectivity index (χ3v) is 6.71. The molecule has 2 N–H and O–H groups in total. The number of morpholine rings is 1. The Morgan fingerprint density at radius 3 is 2.39 bits per heavy atom. The molecule has 2 heterocycles. The molecule has 6 nitrogen and oxygen atoms in total. The number of benzene rings is 2. The number of thiophene rings is 1. The summed E-state index contributed by atoms with van der Waals surface area (Å²) in [5.41, 5.74) is 3.91. The van der Waals surface area contributed by atoms with Crippen LogP contribution in [-0.4, -0.2) is 38.1 Å². The Hall–Kier alpha value is -3.16. The van der Waals surface area contributed by atoms with Crippen molar-refractivity contribution in [1.29, 1.82) is 0 Å². The fraction of sp³-hybridized carbons (Fsp3) is 0.308. The van der Waals surface area contributed by atoms with Crippen molar-refractivity contribution in [2.75, 3.05) is 36.5 Å². The third-order valence-electron chi connectivity index (χ3n) is 5.52. The number of nitrogens with zero attached hydrogens (tertiary/aromatic N) is 1. The van der Waals surface area contributed by atoms with Gasteiger partial charge in [-0.2, -0.15) is 0 Å². The predicted molar refractivity (Wildman–Crippen MR) is 134 cm³/mol. The molecule has 1 aliphatic rings. The standard InChI is InChI=1S/C26H29N3O3S/c1-18(2)24(30)28-21-10-8-19(9-11-21)17-27-25(31)23-16-22(20-6-4-3-5-7-20)26(33-23)29-12-14-32-15-13-29/h3-11,16,18H,12-15,17H2,1-2H3,(H,27,31)(H,28,30). The molecule has 1 aliphatic heterocycles. The third kappa shape index (κ3) is 5.80. The van der Waals surface area contributed by atoms with E-state index < -0.39 is 0 Å². The first kappa shape index (κ1) is 23.0. The molecule has 172 valence electrons. The minimum atomic E-state index is -0.0890. The molecular weight excluding hydrogens is 434 g/mol. The van der Waals surface area contributed by atoms with Gasteiger partial charge in [0.2, 0.25) is 5.91 Å². The van der Waals surface area contributed by atoms with Crippen LogP contribution in [0.25, 0.3) is 11.1 Å². The zero-order valence-electron chi connectivity index (χ0n) is 19.0. The quantitative estimate of drug-likeness (QED) is 0.529. The van der Waals surface area contributed by atoms with Crippen LogP contribution >= 0.6 is 11.3 Å². The Labute approximate surface area is 198 Å². The lowest BCUT2D eigenvalue weighted by Crippen LogP contribution is -2.35. The molecule has 0 unspecified atom stereocenters. The highest BCUT2D eigenvalue weighted by atomic mass is 32.1. The van der Waals surface area contributed by atoms with Gasteiger partial charge in [-0.1, -0.05) is 56.3 Å². The second kappa shape index (κ2) is 10.6. The van der Waals surface area contributed by atoms with Crippen molar-refractivity contribution in [2.45, 2.75) is 20.4 Å². The fourth-order valence-electron chi connectivity index (χ4n) is 3.58. The molecular formula is C26H29N3O3S. The van der Waals surface area contributed by atoms with Crippen LogP contribution in [0.15, 0.2) is 60.7 Å². The summed E-state index contributed by atoms with van der Waals surface area (Å²) in [5, 5.41) is 7.02. The molecule has 2 amide bonds. The van der Waals surface area contributed by atoms with Crippen molar-refractivity contribution in [3.8, 4) is 11.1 Å². The first-order chi connectivity index (χ1) is 16.0. The Balaban J connectivity index is 1.46. The highest BCUT2D eigenvalue weighted by molar-refractivity contribution is 7.18. The summed E-state index contributed by atoms with van der Waals surface area (Å²) in [7, 11) is 0. The monoisotopic (exact) mass is 463 g/mol. The number of nitrogens with one attached hydrogen (secondary N) is 2. The van der Waals surface area contributed by atoms with Crippen molar-refractivity contribution in [3.63, 3.8) is 0 Å². The second-order valence-corrected chi connectivity index (χ2v) is 9.35. The highest BCUT2D eigenvalue weighted by Gasteiger charge is 2.21. The lowest BCUT2D eigenvalue weighted by molar-refractivity contribution is -0.118. The Kier molecular flexibility index (Phi) is 7.42. The van der Waals surface area contributed by atoms with E-state index in [2.05, 4.69) is 27.7 Å². The maximum absolute atomic E-state index is 13.0. The van der Waals surface area contributed by atoms with Crippen LogP contribution in [0.3, 0.4) is 0 Å². The average molecular weight is 464 g/mol. The number of amides is 2. The molecule has 1 saturated heterocycles. The van der Waals surface area contributed by atoms with E-state index in [1.54, 1.807) is 0 Å². The molecule has 2 aromatic carbocycles. The van der Waals surface area contributed by atoms with Crippen LogP contribution in [0.1, 0.15) is 29.1 Å². The predicted octanol–water partition coefficient (Wildman–Crippen LogP) is 4.78. The molecule has 33 heavy (non-hydrogen) atoms. The maximum Gasteiger partial charge on any atom is 0.261 e. The van der Waals surface area contributed by atoms with Gasteiger partial charge < -0.3 is 20.3 Å². The molecule has 4 rings (SSSR count). The van der Waals surface area contributed by atoms with Crippen molar-refractivity contribution < 1.29 is 14.3 Å². The molecule has 7 heteroatoms. The molecule has 3 aromatic rings. The van der Waals surface area contributed by atoms with Crippen LogP contribution in [0, 0.1) is 5.92 Å². The zero-order valence-corrected chi connectivity index (χ0v) is 19.8. The number of carbonyl (C=O) groups excluding carboxylic acids is 2. The van der Waals surface area contributed by atoms with E-state index in [-0.39, 0.29) is 17.7 Å². The fourth-order valence-corrected chi connectivity index (χ4v) is 4.73. The van der Waals surface area contributed by atoms with Gasteiger partial charge in [0.15, 0.2) is 0 Å². The maximum atomic E-state index is 13.0. The molecule has 0 radical (unpaired) electrons. The Morgan fingerprint density at radius 2 is 1.73 bits per heavy atom. The molecule has 0 bridgehead atoms. The minimum absolute atomic E-state index is 0.0148. The summed E-state index contributed by atoms with van der Waals surface area (Å²) in [6.07, 6.45) is 0. The SMILES string of the molecule is CC(C)C(=O)Nc1ccc(CNC(=O)c2cc(-c3ccccc3)c(N3CCOCC3)s2)cc1. The van der Waals surface area contributed by atoms with E-state index >= 15 is 0 Å². The van der Waals surface area contributed by atoms with Crippen molar-refractivity contribution in [2.24, 2.45) is 5.92 Å². The van der Waals surface area contributed by atoms with Gasteiger partial charge in [-0.3, -0.25) is 9.59 Å². The number of anilines is 2. The molecule has 0 aliphatic carbocycles. The number of hydrogen-bond donors (Lipinski definition) is 2. The van der Waals surface area contributed by atoms with Gasteiger partial charge >= 0.3 is 0 Å². The van der Waals surface area contributed by atoms with Gasteiger partial charge in [0, 0.05) is 36.8 Å². The van der Waals surface area contributed by atoms with E-state index in [4.69, 9.17) is 4.74 Å². The first-order valence-corrected chi connectivity index (χ1v) is 12.0. The molecule has 1 fully saturated rings. The summed E-state index contributed by atoms with van der Waals surface area (Å²) >= 11 is 1.53. The summed E-state index contributed by atoms with van der Waals surface area (Å²) in [6.45, 7) is 7.17. The summed E-state index contributed by atoms with van der Waals surface area (Å²) in [6, 6.07) is 19.7. The molecule has 0 spiro atoms. The van der Waals surface area contributed by atoms with Crippen LogP contribution in [0.4, 0.5) is 10.7 Å². The van der Waals surface area contributed by atoms with Crippen LogP contribution < -0.4 is 15.5 Å².